The first-order chi connectivity index (χ1) is 16.7. The second kappa shape index (κ2) is 13.8. The molecule has 11 heteroatoms. The predicted octanol–water partition coefficient (Wildman–Crippen LogP) is 1.16. The van der Waals surface area contributed by atoms with Gasteiger partial charge in [0.15, 0.2) is 11.5 Å². The lowest BCUT2D eigenvalue weighted by atomic mass is 9.87. The number of hydrogen-bond acceptors (Lipinski definition) is 8. The molecule has 194 valence electrons. The van der Waals surface area contributed by atoms with E-state index in [-0.39, 0.29) is 44.5 Å². The van der Waals surface area contributed by atoms with Crippen LogP contribution in [0.15, 0.2) is 23.8 Å². The molecular weight excluding hydrogens is 571 g/mol. The van der Waals surface area contributed by atoms with Crippen LogP contribution in [-0.2, 0) is 14.3 Å². The van der Waals surface area contributed by atoms with Crippen LogP contribution < -0.4 is 14.8 Å². The van der Waals surface area contributed by atoms with Crippen LogP contribution in [0.1, 0.15) is 30.6 Å². The van der Waals surface area contributed by atoms with E-state index < -0.39 is 24.2 Å². The molecule has 1 aromatic carbocycles. The largest absolute Gasteiger partial charge is 0.493 e. The maximum atomic E-state index is 13.0. The molecule has 1 aliphatic carbocycles. The molecule has 0 saturated heterocycles. The Morgan fingerprint density at radius 1 is 1.31 bits per heavy atom. The summed E-state index contributed by atoms with van der Waals surface area (Å²) in [5, 5.41) is 23.1. The fourth-order valence-electron chi connectivity index (χ4n) is 3.80. The number of nitrogens with zero attached hydrogens (tertiary/aromatic N) is 1. The van der Waals surface area contributed by atoms with Gasteiger partial charge in [0.25, 0.3) is 0 Å². The van der Waals surface area contributed by atoms with Crippen molar-refractivity contribution >= 4 is 40.7 Å². The lowest BCUT2D eigenvalue weighted by molar-refractivity contribution is -0.142. The quantitative estimate of drug-likeness (QED) is 0.239. The molecule has 0 spiro atoms. The fraction of sp³-hybridized carbons (Fsp3) is 0.542. The van der Waals surface area contributed by atoms with Crippen molar-refractivity contribution in [3.05, 3.63) is 32.9 Å². The van der Waals surface area contributed by atoms with Crippen molar-refractivity contribution in [1.29, 1.82) is 0 Å². The standard InChI is InChI=1S/C24H33IN2O8/c1-14(2)24(32)27(6-8-33-3)18-11-16(23(31)26-5-7-28)12-19(21(18)30)35-22-17(25)9-15(13-29)10-20(22)34-4/h9-10,12-14,18-19,21,28,30H,5-8,11H2,1-4H3,(H,26,31)/t18-,19+,21+/m1/s1. The van der Waals surface area contributed by atoms with Gasteiger partial charge in [0, 0.05) is 43.7 Å². The van der Waals surface area contributed by atoms with Gasteiger partial charge in [-0.3, -0.25) is 14.4 Å². The molecule has 0 bridgehead atoms. The van der Waals surface area contributed by atoms with Gasteiger partial charge in [0.2, 0.25) is 11.8 Å². The van der Waals surface area contributed by atoms with Gasteiger partial charge < -0.3 is 34.6 Å². The highest BCUT2D eigenvalue weighted by Crippen LogP contribution is 2.37. The summed E-state index contributed by atoms with van der Waals surface area (Å²) in [7, 11) is 2.95. The first kappa shape index (κ1) is 29.0. The molecule has 0 unspecified atom stereocenters. The zero-order valence-electron chi connectivity index (χ0n) is 20.3. The summed E-state index contributed by atoms with van der Waals surface area (Å²) >= 11 is 2.00. The summed E-state index contributed by atoms with van der Waals surface area (Å²) in [4.78, 5) is 38.6. The van der Waals surface area contributed by atoms with Crippen LogP contribution in [0, 0.1) is 9.49 Å². The highest BCUT2D eigenvalue weighted by atomic mass is 127. The lowest BCUT2D eigenvalue weighted by Gasteiger charge is -2.41. The van der Waals surface area contributed by atoms with Gasteiger partial charge in [0.05, 0.1) is 29.9 Å². The van der Waals surface area contributed by atoms with Crippen LogP contribution in [-0.4, -0.2) is 92.0 Å². The van der Waals surface area contributed by atoms with E-state index in [2.05, 4.69) is 5.32 Å². The van der Waals surface area contributed by atoms with Crippen LogP contribution in [0.4, 0.5) is 0 Å². The minimum absolute atomic E-state index is 0.0616. The number of amides is 2. The number of halogens is 1. The summed E-state index contributed by atoms with van der Waals surface area (Å²) in [5.41, 5.74) is 0.713. The number of carbonyl (C=O) groups excluding carboxylic acids is 3. The third kappa shape index (κ3) is 7.38. The molecule has 0 saturated carbocycles. The van der Waals surface area contributed by atoms with Crippen molar-refractivity contribution in [2.24, 2.45) is 5.92 Å². The molecule has 0 fully saturated rings. The summed E-state index contributed by atoms with van der Waals surface area (Å²) < 4.78 is 17.3. The molecule has 2 rings (SSSR count). The first-order valence-corrected chi connectivity index (χ1v) is 12.3. The van der Waals surface area contributed by atoms with Crippen molar-refractivity contribution in [3.63, 3.8) is 0 Å². The molecule has 35 heavy (non-hydrogen) atoms. The van der Waals surface area contributed by atoms with E-state index in [0.717, 1.165) is 0 Å². The van der Waals surface area contributed by atoms with Crippen LogP contribution in [0.25, 0.3) is 0 Å². The predicted molar refractivity (Wildman–Crippen MR) is 137 cm³/mol. The SMILES string of the molecule is COCCN(C(=O)C(C)C)[C@@H]1CC(C(=O)NCCO)=C[C@H](Oc2c(I)cc(C=O)cc2OC)[C@H]1O. The Morgan fingerprint density at radius 3 is 2.60 bits per heavy atom. The normalized spacial score (nSPS) is 19.7. The maximum Gasteiger partial charge on any atom is 0.247 e. The number of aliphatic hydroxyl groups is 2. The highest BCUT2D eigenvalue weighted by Gasteiger charge is 2.41. The van der Waals surface area contributed by atoms with Gasteiger partial charge in [-0.2, -0.15) is 0 Å². The average Bonchev–Trinajstić information content (AvgIpc) is 2.84. The van der Waals surface area contributed by atoms with Crippen molar-refractivity contribution in [1.82, 2.24) is 10.2 Å². The number of ether oxygens (including phenoxy) is 3. The molecule has 3 N–H and O–H groups in total. The second-order valence-electron chi connectivity index (χ2n) is 8.35. The zero-order chi connectivity index (χ0) is 26.1. The number of nitrogens with one attached hydrogen (secondary N) is 1. The van der Waals surface area contributed by atoms with Crippen molar-refractivity contribution in [2.45, 2.75) is 38.5 Å². The number of aldehydes is 1. The zero-order valence-corrected chi connectivity index (χ0v) is 22.5. The Morgan fingerprint density at radius 2 is 2.03 bits per heavy atom. The van der Waals surface area contributed by atoms with E-state index in [0.29, 0.717) is 32.5 Å². The van der Waals surface area contributed by atoms with Crippen LogP contribution in [0.3, 0.4) is 0 Å². The number of benzene rings is 1. The molecule has 0 aromatic heterocycles. The Bertz CT molecular complexity index is 936. The van der Waals surface area contributed by atoms with Gasteiger partial charge in [-0.05, 0) is 40.8 Å². The van der Waals surface area contributed by atoms with E-state index in [1.807, 2.05) is 22.6 Å². The third-order valence-corrected chi connectivity index (χ3v) is 6.37. The number of hydrogen-bond donors (Lipinski definition) is 3. The average molecular weight is 604 g/mol. The fourth-order valence-corrected chi connectivity index (χ4v) is 4.55. The van der Waals surface area contributed by atoms with E-state index in [4.69, 9.17) is 19.3 Å². The number of methoxy groups -OCH3 is 2. The number of rotatable bonds is 12. The van der Waals surface area contributed by atoms with Crippen molar-refractivity contribution in [3.8, 4) is 11.5 Å². The van der Waals surface area contributed by atoms with Gasteiger partial charge in [-0.1, -0.05) is 13.8 Å². The van der Waals surface area contributed by atoms with Gasteiger partial charge >= 0.3 is 0 Å². The molecule has 0 heterocycles. The summed E-state index contributed by atoms with van der Waals surface area (Å²) in [5.74, 6) is -0.362. The smallest absolute Gasteiger partial charge is 0.247 e. The van der Waals surface area contributed by atoms with Crippen molar-refractivity contribution in [2.75, 3.05) is 40.5 Å². The monoisotopic (exact) mass is 604 g/mol. The molecule has 0 aliphatic heterocycles. The first-order valence-electron chi connectivity index (χ1n) is 11.2. The van der Waals surface area contributed by atoms with Crippen LogP contribution >= 0.6 is 22.6 Å². The Labute approximate surface area is 218 Å². The molecule has 0 radical (unpaired) electrons. The number of aliphatic hydroxyl groups excluding tert-OH is 2. The minimum atomic E-state index is -1.17. The summed E-state index contributed by atoms with van der Waals surface area (Å²) in [6.07, 6.45) is 0.132. The summed E-state index contributed by atoms with van der Waals surface area (Å²) in [6, 6.07) is 2.37. The molecule has 1 aliphatic rings. The Kier molecular flexibility index (Phi) is 11.4. The molecule has 1 aromatic rings. The maximum absolute atomic E-state index is 13.0. The van der Waals surface area contributed by atoms with E-state index in [1.165, 1.54) is 31.3 Å². The van der Waals surface area contributed by atoms with E-state index in [1.54, 1.807) is 19.9 Å². The van der Waals surface area contributed by atoms with Gasteiger partial charge in [-0.25, -0.2) is 0 Å². The minimum Gasteiger partial charge on any atom is -0.493 e. The van der Waals surface area contributed by atoms with Crippen molar-refractivity contribution < 1.29 is 38.8 Å². The molecule has 2 amide bonds. The topological polar surface area (TPSA) is 135 Å². The third-order valence-electron chi connectivity index (χ3n) is 5.57. The van der Waals surface area contributed by atoms with Crippen LogP contribution in [0.2, 0.25) is 0 Å². The molecular formula is C24H33IN2O8. The Hall–Kier alpha value is -2.22. The highest BCUT2D eigenvalue weighted by molar-refractivity contribution is 14.1. The van der Waals surface area contributed by atoms with Gasteiger partial charge in [-0.15, -0.1) is 0 Å². The molecule has 10 nitrogen and oxygen atoms in total. The van der Waals surface area contributed by atoms with Crippen LogP contribution in [0.5, 0.6) is 11.5 Å². The number of carbonyl (C=O) groups is 3. The van der Waals surface area contributed by atoms with E-state index in [9.17, 15) is 19.5 Å². The lowest BCUT2D eigenvalue weighted by Crippen LogP contribution is -2.56. The Balaban J connectivity index is 2.50. The summed E-state index contributed by atoms with van der Waals surface area (Å²) in [6.45, 7) is 3.83. The van der Waals surface area contributed by atoms with E-state index >= 15 is 0 Å². The second-order valence-corrected chi connectivity index (χ2v) is 9.51. The molecule has 3 atom stereocenters. The van der Waals surface area contributed by atoms with Gasteiger partial charge in [0.1, 0.15) is 18.5 Å².